The van der Waals surface area contributed by atoms with Gasteiger partial charge in [-0.1, -0.05) is 224 Å². The van der Waals surface area contributed by atoms with E-state index in [1.165, 1.54) is 0 Å². The third kappa shape index (κ3) is 8.22. The van der Waals surface area contributed by atoms with E-state index >= 15 is 0 Å². The van der Waals surface area contributed by atoms with Gasteiger partial charge in [-0.05, 0) is 56.6 Å². The Morgan fingerprint density at radius 2 is 0.500 bits per heavy atom. The van der Waals surface area contributed by atoms with Gasteiger partial charge in [0.05, 0.1) is 11.6 Å². The van der Waals surface area contributed by atoms with E-state index in [4.69, 9.17) is 29.9 Å². The SMILES string of the molecule is N#Cc1ccccc1-c1ccc(-c2ccccc2-c2nc(-c3ccccc3)nc(-c3ccccc3)n2)c(-c2ccccc2-c2ccccc2-c2nc(-c3ccccc3)nc(-c3ccccc3)n2)c1. The number of hydrogen-bond donors (Lipinski definition) is 0. The molecule has 0 saturated heterocycles. The van der Waals surface area contributed by atoms with Crippen LogP contribution in [0.1, 0.15) is 5.56 Å². The van der Waals surface area contributed by atoms with Crippen LogP contribution in [-0.2, 0) is 0 Å². The molecule has 0 radical (unpaired) electrons. The van der Waals surface area contributed by atoms with Crippen molar-refractivity contribution in [2.45, 2.75) is 0 Å². The quantitative estimate of drug-likeness (QED) is 0.135. The molecule has 11 aromatic rings. The van der Waals surface area contributed by atoms with Crippen molar-refractivity contribution in [2.24, 2.45) is 0 Å². The average Bonchev–Trinajstić information content (AvgIpc) is 3.43. The first kappa shape index (κ1) is 41.2. The average molecular weight is 870 g/mol. The predicted molar refractivity (Wildman–Crippen MR) is 272 cm³/mol. The van der Waals surface area contributed by atoms with Gasteiger partial charge < -0.3 is 0 Å². The molecule has 0 saturated carbocycles. The second kappa shape index (κ2) is 18.5. The van der Waals surface area contributed by atoms with E-state index in [1.54, 1.807) is 0 Å². The van der Waals surface area contributed by atoms with E-state index < -0.39 is 0 Å². The minimum atomic E-state index is 0.551. The van der Waals surface area contributed by atoms with Crippen molar-refractivity contribution >= 4 is 0 Å². The molecule has 0 aliphatic rings. The molecule has 2 aromatic heterocycles. The Kier molecular flexibility index (Phi) is 11.2. The van der Waals surface area contributed by atoms with Crippen molar-refractivity contribution in [3.63, 3.8) is 0 Å². The Labute approximate surface area is 394 Å². The molecule has 68 heavy (non-hydrogen) atoms. The smallest absolute Gasteiger partial charge is 0.164 e. The number of nitrogens with zero attached hydrogens (tertiary/aromatic N) is 7. The standard InChI is InChI=1S/C61H39N7/c62-40-46-29-13-14-30-47(46)45-37-38-52(50-33-18-20-36-54(50)61-67-58(43-25-9-3-10-26-43)64-59(68-61)44-27-11-4-12-28-44)55(39-45)51-34-16-15-31-48(51)49-32-17-19-35-53(49)60-65-56(41-21-5-1-6-22-41)63-57(66-60)42-23-7-2-8-24-42/h1-39H. The monoisotopic (exact) mass is 869 g/mol. The molecule has 11 rings (SSSR count). The normalized spacial score (nSPS) is 10.9. The van der Waals surface area contributed by atoms with E-state index in [2.05, 4.69) is 84.9 Å². The van der Waals surface area contributed by atoms with Crippen LogP contribution in [0, 0.1) is 11.3 Å². The first-order chi connectivity index (χ1) is 33.7. The molecule has 0 aliphatic heterocycles. The third-order valence-corrected chi connectivity index (χ3v) is 11.9. The molecular weight excluding hydrogens is 831 g/mol. The lowest BCUT2D eigenvalue weighted by Gasteiger charge is -2.20. The van der Waals surface area contributed by atoms with Crippen molar-refractivity contribution in [2.75, 3.05) is 0 Å². The first-order valence-corrected chi connectivity index (χ1v) is 22.3. The summed E-state index contributed by atoms with van der Waals surface area (Å²) in [5.74, 6) is 3.45. The van der Waals surface area contributed by atoms with Crippen LogP contribution in [0.4, 0.5) is 0 Å². The van der Waals surface area contributed by atoms with Gasteiger partial charge in [-0.3, -0.25) is 0 Å². The maximum atomic E-state index is 10.3. The van der Waals surface area contributed by atoms with Crippen molar-refractivity contribution in [3.05, 3.63) is 242 Å². The number of aromatic nitrogens is 6. The van der Waals surface area contributed by atoms with Gasteiger partial charge in [-0.25, -0.2) is 29.9 Å². The van der Waals surface area contributed by atoms with Crippen molar-refractivity contribution in [1.29, 1.82) is 5.26 Å². The van der Waals surface area contributed by atoms with Crippen molar-refractivity contribution < 1.29 is 0 Å². The minimum Gasteiger partial charge on any atom is -0.208 e. The van der Waals surface area contributed by atoms with Crippen LogP contribution in [0.5, 0.6) is 0 Å². The van der Waals surface area contributed by atoms with Crippen LogP contribution in [0.25, 0.3) is 113 Å². The largest absolute Gasteiger partial charge is 0.208 e. The first-order valence-electron chi connectivity index (χ1n) is 22.3. The molecule has 9 aromatic carbocycles. The lowest BCUT2D eigenvalue weighted by atomic mass is 9.84. The molecule has 0 unspecified atom stereocenters. The molecule has 0 amide bonds. The molecule has 7 heteroatoms. The third-order valence-electron chi connectivity index (χ3n) is 11.9. The number of nitriles is 1. The van der Waals surface area contributed by atoms with Gasteiger partial charge in [0, 0.05) is 33.4 Å². The number of benzene rings is 9. The van der Waals surface area contributed by atoms with Crippen LogP contribution in [0.3, 0.4) is 0 Å². The molecule has 0 N–H and O–H groups in total. The second-order valence-electron chi connectivity index (χ2n) is 16.1. The van der Waals surface area contributed by atoms with E-state index in [1.807, 2.05) is 158 Å². The van der Waals surface area contributed by atoms with Gasteiger partial charge in [-0.15, -0.1) is 0 Å². The van der Waals surface area contributed by atoms with Gasteiger partial charge >= 0.3 is 0 Å². The van der Waals surface area contributed by atoms with Crippen molar-refractivity contribution in [1.82, 2.24) is 29.9 Å². The maximum absolute atomic E-state index is 10.3. The highest BCUT2D eigenvalue weighted by molar-refractivity contribution is 5.99. The van der Waals surface area contributed by atoms with Gasteiger partial charge in [0.2, 0.25) is 0 Å². The lowest BCUT2D eigenvalue weighted by Crippen LogP contribution is -2.02. The highest BCUT2D eigenvalue weighted by atomic mass is 15.0. The van der Waals surface area contributed by atoms with Gasteiger partial charge in [0.1, 0.15) is 0 Å². The van der Waals surface area contributed by atoms with Crippen LogP contribution in [0.2, 0.25) is 0 Å². The molecule has 0 spiro atoms. The molecule has 7 nitrogen and oxygen atoms in total. The molecule has 0 bridgehead atoms. The predicted octanol–water partition coefficient (Wildman–Crippen LogP) is 14.6. The zero-order valence-corrected chi connectivity index (χ0v) is 36.6. The van der Waals surface area contributed by atoms with Crippen LogP contribution >= 0.6 is 0 Å². The molecule has 0 fully saturated rings. The topological polar surface area (TPSA) is 101 Å². The van der Waals surface area contributed by atoms with Gasteiger partial charge in [0.25, 0.3) is 0 Å². The summed E-state index contributed by atoms with van der Waals surface area (Å²) in [7, 11) is 0. The van der Waals surface area contributed by atoms with E-state index in [-0.39, 0.29) is 0 Å². The molecule has 0 atom stereocenters. The molecule has 2 heterocycles. The fraction of sp³-hybridized carbons (Fsp3) is 0. The fourth-order valence-corrected chi connectivity index (χ4v) is 8.64. The lowest BCUT2D eigenvalue weighted by molar-refractivity contribution is 1.07. The summed E-state index contributed by atoms with van der Waals surface area (Å²) < 4.78 is 0. The zero-order chi connectivity index (χ0) is 45.7. The highest BCUT2D eigenvalue weighted by Crippen LogP contribution is 2.45. The minimum absolute atomic E-state index is 0.551. The Balaban J connectivity index is 1.13. The molecule has 318 valence electrons. The fourth-order valence-electron chi connectivity index (χ4n) is 8.64. The summed E-state index contributed by atoms with van der Waals surface area (Å²) in [6.07, 6.45) is 0. The zero-order valence-electron chi connectivity index (χ0n) is 36.6. The summed E-state index contributed by atoms with van der Waals surface area (Å²) in [4.78, 5) is 30.6. The summed E-state index contributed by atoms with van der Waals surface area (Å²) in [5, 5.41) is 10.3. The van der Waals surface area contributed by atoms with E-state index in [9.17, 15) is 5.26 Å². The van der Waals surface area contributed by atoms with Crippen LogP contribution in [0.15, 0.2) is 237 Å². The summed E-state index contributed by atoms with van der Waals surface area (Å²) in [6.45, 7) is 0. The summed E-state index contributed by atoms with van der Waals surface area (Å²) >= 11 is 0. The Bertz CT molecular complexity index is 3510. The van der Waals surface area contributed by atoms with Gasteiger partial charge in [0.15, 0.2) is 34.9 Å². The maximum Gasteiger partial charge on any atom is 0.164 e. The van der Waals surface area contributed by atoms with E-state index in [0.717, 1.165) is 77.9 Å². The summed E-state index contributed by atoms with van der Waals surface area (Å²) in [5.41, 5.74) is 13.4. The Hall–Kier alpha value is -9.51. The van der Waals surface area contributed by atoms with Gasteiger partial charge in [-0.2, -0.15) is 5.26 Å². The highest BCUT2D eigenvalue weighted by Gasteiger charge is 2.22. The van der Waals surface area contributed by atoms with Crippen molar-refractivity contribution in [3.8, 4) is 119 Å². The summed E-state index contributed by atoms with van der Waals surface area (Å²) in [6, 6.07) is 81.7. The number of rotatable bonds is 10. The Morgan fingerprint density at radius 1 is 0.221 bits per heavy atom. The molecule has 0 aliphatic carbocycles. The Morgan fingerprint density at radius 3 is 0.882 bits per heavy atom. The van der Waals surface area contributed by atoms with Crippen LogP contribution < -0.4 is 0 Å². The van der Waals surface area contributed by atoms with E-state index in [0.29, 0.717) is 40.5 Å². The number of hydrogen-bond acceptors (Lipinski definition) is 7. The second-order valence-corrected chi connectivity index (χ2v) is 16.1. The van der Waals surface area contributed by atoms with Crippen LogP contribution in [-0.4, -0.2) is 29.9 Å². The molecular formula is C61H39N7.